The smallest absolute Gasteiger partial charge is 0.285 e. The third-order valence-corrected chi connectivity index (χ3v) is 7.98. The summed E-state index contributed by atoms with van der Waals surface area (Å²) in [7, 11) is -3.66. The van der Waals surface area contributed by atoms with Gasteiger partial charge in [-0.05, 0) is 48.2 Å². The summed E-state index contributed by atoms with van der Waals surface area (Å²) in [5, 5.41) is 3.87. The van der Waals surface area contributed by atoms with E-state index in [0.29, 0.717) is 42.4 Å². The summed E-state index contributed by atoms with van der Waals surface area (Å²) in [5.41, 5.74) is 2.60. The Morgan fingerprint density at radius 2 is 1.53 bits per heavy atom. The lowest BCUT2D eigenvalue weighted by atomic mass is 9.93. The Morgan fingerprint density at radius 1 is 0.912 bits per heavy atom. The number of nitrogens with zero attached hydrogens (tertiary/aromatic N) is 2. The molecule has 34 heavy (non-hydrogen) atoms. The number of hydrogen-bond acceptors (Lipinski definition) is 4. The highest BCUT2D eigenvalue weighted by Gasteiger charge is 2.35. The second-order valence-corrected chi connectivity index (χ2v) is 10.6. The lowest BCUT2D eigenvalue weighted by Gasteiger charge is -2.33. The molecule has 6 nitrogen and oxygen atoms in total. The van der Waals surface area contributed by atoms with Crippen molar-refractivity contribution in [3.63, 3.8) is 0 Å². The molecule has 0 radical (unpaired) electrons. The van der Waals surface area contributed by atoms with Crippen molar-refractivity contribution in [2.24, 2.45) is 10.3 Å². The topological polar surface area (TPSA) is 78.8 Å². The number of carbonyl (C=O) groups excluding carboxylic acids is 1. The monoisotopic (exact) mass is 493 g/mol. The van der Waals surface area contributed by atoms with E-state index in [4.69, 9.17) is 11.6 Å². The van der Waals surface area contributed by atoms with Crippen LogP contribution in [0.2, 0.25) is 5.02 Å². The second kappa shape index (κ2) is 9.24. The first-order chi connectivity index (χ1) is 16.4. The maximum atomic E-state index is 13.3. The maximum absolute atomic E-state index is 13.3. The molecule has 174 valence electrons. The zero-order valence-electron chi connectivity index (χ0n) is 18.4. The molecule has 8 heteroatoms. The van der Waals surface area contributed by atoms with Crippen LogP contribution in [0.1, 0.15) is 35.6 Å². The molecule has 1 fully saturated rings. The van der Waals surface area contributed by atoms with Crippen molar-refractivity contribution >= 4 is 33.4 Å². The van der Waals surface area contributed by atoms with E-state index in [1.807, 2.05) is 65.6 Å². The molecule has 5 rings (SSSR count). The first-order valence-corrected chi connectivity index (χ1v) is 13.0. The van der Waals surface area contributed by atoms with Gasteiger partial charge in [0.25, 0.3) is 10.0 Å². The molecule has 2 aliphatic rings. The fourth-order valence-corrected chi connectivity index (χ4v) is 5.94. The molecule has 0 saturated carbocycles. The third-order valence-electron chi connectivity index (χ3n) is 6.40. The average molecular weight is 494 g/mol. The number of amides is 1. The minimum Gasteiger partial charge on any atom is -0.355 e. The van der Waals surface area contributed by atoms with Crippen LogP contribution in [0.3, 0.4) is 0 Å². The van der Waals surface area contributed by atoms with Gasteiger partial charge in [0.15, 0.2) is 5.84 Å². The highest BCUT2D eigenvalue weighted by Crippen LogP contribution is 2.30. The van der Waals surface area contributed by atoms with Crippen molar-refractivity contribution in [1.29, 1.82) is 0 Å². The molecule has 2 aliphatic heterocycles. The van der Waals surface area contributed by atoms with Gasteiger partial charge >= 0.3 is 0 Å². The van der Waals surface area contributed by atoms with Crippen molar-refractivity contribution < 1.29 is 13.2 Å². The van der Waals surface area contributed by atoms with Crippen molar-refractivity contribution in [3.8, 4) is 0 Å². The summed E-state index contributed by atoms with van der Waals surface area (Å²) >= 11 is 6.07. The number of halogens is 1. The number of amidine groups is 1. The number of rotatable bonds is 4. The van der Waals surface area contributed by atoms with Crippen LogP contribution in [-0.4, -0.2) is 38.2 Å². The van der Waals surface area contributed by atoms with E-state index in [2.05, 4.69) is 9.71 Å². The fraction of sp³-hybridized carbons (Fsp3) is 0.231. The molecule has 2 heterocycles. The van der Waals surface area contributed by atoms with Crippen LogP contribution in [0.4, 0.5) is 0 Å². The van der Waals surface area contributed by atoms with E-state index in [9.17, 15) is 13.2 Å². The van der Waals surface area contributed by atoms with Gasteiger partial charge in [0, 0.05) is 29.6 Å². The minimum absolute atomic E-state index is 0.00941. The van der Waals surface area contributed by atoms with Crippen molar-refractivity contribution in [3.05, 3.63) is 101 Å². The minimum atomic E-state index is -3.66. The Labute approximate surface area is 204 Å². The molecule has 0 bridgehead atoms. The Hall–Kier alpha value is -3.16. The summed E-state index contributed by atoms with van der Waals surface area (Å²) in [6.07, 6.45) is 1.24. The van der Waals surface area contributed by atoms with E-state index >= 15 is 0 Å². The number of likely N-dealkylation sites (tertiary alicyclic amines) is 1. The fourth-order valence-electron chi connectivity index (χ4n) is 4.59. The van der Waals surface area contributed by atoms with Gasteiger partial charge in [0.05, 0.1) is 6.04 Å². The van der Waals surface area contributed by atoms with E-state index in [-0.39, 0.29) is 22.8 Å². The van der Waals surface area contributed by atoms with E-state index in [1.165, 1.54) is 0 Å². The average Bonchev–Trinajstić information content (AvgIpc) is 3.14. The van der Waals surface area contributed by atoms with Crippen molar-refractivity contribution in [1.82, 2.24) is 10.2 Å². The number of sulfonamides is 1. The molecular weight excluding hydrogens is 470 g/mol. The van der Waals surface area contributed by atoms with Crippen molar-refractivity contribution in [2.45, 2.75) is 23.8 Å². The SMILES string of the molecule is O=C(NC(c1ccccc1)c1ccc(Cl)cc1)C1CCN(C2=NS(=O)(=O)c3ccccc32)CC1. The number of nitrogens with one attached hydrogen (secondary N) is 1. The van der Waals surface area contributed by atoms with Crippen LogP contribution >= 0.6 is 11.6 Å². The molecule has 3 aromatic rings. The molecule has 0 aromatic heterocycles. The van der Waals surface area contributed by atoms with E-state index < -0.39 is 10.0 Å². The largest absolute Gasteiger partial charge is 0.355 e. The number of hydrogen-bond donors (Lipinski definition) is 1. The highest BCUT2D eigenvalue weighted by molar-refractivity contribution is 7.90. The standard InChI is InChI=1S/C26H24ClN3O3S/c27-21-12-10-19(11-13-21)24(18-6-2-1-3-7-18)28-26(31)20-14-16-30(17-15-20)25-22-8-4-5-9-23(22)34(32,33)29-25/h1-13,20,24H,14-17H2,(H,28,31). The Bertz CT molecular complexity index is 1330. The van der Waals surface area contributed by atoms with E-state index in [0.717, 1.165) is 11.1 Å². The van der Waals surface area contributed by atoms with Crippen LogP contribution in [0.5, 0.6) is 0 Å². The second-order valence-electron chi connectivity index (χ2n) is 8.55. The van der Waals surface area contributed by atoms with Crippen LogP contribution in [0, 0.1) is 5.92 Å². The Balaban J connectivity index is 1.29. The molecule has 0 aliphatic carbocycles. The Kier molecular flexibility index (Phi) is 6.15. The molecule has 1 saturated heterocycles. The molecule has 1 amide bonds. The lowest BCUT2D eigenvalue weighted by Crippen LogP contribution is -2.43. The van der Waals surface area contributed by atoms with Gasteiger partial charge in [0.1, 0.15) is 4.90 Å². The summed E-state index contributed by atoms with van der Waals surface area (Å²) in [6.45, 7) is 1.13. The van der Waals surface area contributed by atoms with Gasteiger partial charge in [0.2, 0.25) is 5.91 Å². The van der Waals surface area contributed by atoms with Crippen molar-refractivity contribution in [2.75, 3.05) is 13.1 Å². The molecular formula is C26H24ClN3O3S. The summed E-state index contributed by atoms with van der Waals surface area (Å²) < 4.78 is 28.8. The zero-order chi connectivity index (χ0) is 23.7. The molecule has 1 N–H and O–H groups in total. The predicted octanol–water partition coefficient (Wildman–Crippen LogP) is 4.41. The first-order valence-electron chi connectivity index (χ1n) is 11.2. The normalized spacial score (nSPS) is 18.1. The predicted molar refractivity (Wildman–Crippen MR) is 132 cm³/mol. The van der Waals surface area contributed by atoms with Gasteiger partial charge in [-0.25, -0.2) is 0 Å². The van der Waals surface area contributed by atoms with Gasteiger partial charge < -0.3 is 10.2 Å². The summed E-state index contributed by atoms with van der Waals surface area (Å²) in [5.74, 6) is 0.311. The Morgan fingerprint density at radius 3 is 2.24 bits per heavy atom. The molecule has 1 atom stereocenters. The maximum Gasteiger partial charge on any atom is 0.285 e. The molecule has 3 aromatic carbocycles. The summed E-state index contributed by atoms with van der Waals surface area (Å²) in [6, 6.07) is 24.0. The van der Waals surface area contributed by atoms with Gasteiger partial charge in [-0.3, -0.25) is 4.79 Å². The van der Waals surface area contributed by atoms with Gasteiger partial charge in [-0.1, -0.05) is 66.2 Å². The van der Waals surface area contributed by atoms with Gasteiger partial charge in [-0.15, -0.1) is 4.40 Å². The molecule has 1 unspecified atom stereocenters. The van der Waals surface area contributed by atoms with Crippen LogP contribution in [-0.2, 0) is 14.8 Å². The zero-order valence-corrected chi connectivity index (χ0v) is 20.0. The highest BCUT2D eigenvalue weighted by atomic mass is 35.5. The van der Waals surface area contributed by atoms with Gasteiger partial charge in [-0.2, -0.15) is 8.42 Å². The quantitative estimate of drug-likeness (QED) is 0.584. The third kappa shape index (κ3) is 4.45. The summed E-state index contributed by atoms with van der Waals surface area (Å²) in [4.78, 5) is 15.5. The number of benzene rings is 3. The lowest BCUT2D eigenvalue weighted by molar-refractivity contribution is -0.126. The van der Waals surface area contributed by atoms with E-state index in [1.54, 1.807) is 18.2 Å². The van der Waals surface area contributed by atoms with Crippen LogP contribution in [0.25, 0.3) is 0 Å². The number of piperidine rings is 1. The molecule has 0 spiro atoms. The van der Waals surface area contributed by atoms with Crippen LogP contribution < -0.4 is 5.32 Å². The number of carbonyl (C=O) groups is 1. The van der Waals surface area contributed by atoms with Crippen LogP contribution in [0.15, 0.2) is 88.2 Å². The first kappa shape index (κ1) is 22.6. The number of fused-ring (bicyclic) bond motifs is 1.